The van der Waals surface area contributed by atoms with Crippen LogP contribution in [0.2, 0.25) is 0 Å². The molecular weight excluding hydrogens is 312 g/mol. The van der Waals surface area contributed by atoms with Crippen molar-refractivity contribution in [1.82, 2.24) is 24.8 Å². The van der Waals surface area contributed by atoms with E-state index in [0.717, 1.165) is 4.68 Å². The molecule has 0 bridgehead atoms. The summed E-state index contributed by atoms with van der Waals surface area (Å²) in [6.45, 7) is 0. The lowest BCUT2D eigenvalue weighted by Crippen LogP contribution is -2.17. The lowest BCUT2D eigenvalue weighted by atomic mass is 10.7. The summed E-state index contributed by atoms with van der Waals surface area (Å²) in [5, 5.41) is 11.1. The first kappa shape index (κ1) is 12.0. The molecule has 0 atom stereocenters. The van der Waals surface area contributed by atoms with E-state index >= 15 is 0 Å². The van der Waals surface area contributed by atoms with Gasteiger partial charge in [0.15, 0.2) is 10.4 Å². The second-order valence-electron chi connectivity index (χ2n) is 3.29. The van der Waals surface area contributed by atoms with Gasteiger partial charge in [-0.25, -0.2) is 4.68 Å². The van der Waals surface area contributed by atoms with E-state index in [-0.39, 0.29) is 15.4 Å². The van der Waals surface area contributed by atoms with Crippen LogP contribution in [0.3, 0.4) is 0 Å². The summed E-state index contributed by atoms with van der Waals surface area (Å²) >= 11 is 3.03. The Kier molecular flexibility index (Phi) is 2.91. The maximum Gasteiger partial charge on any atom is 0.283 e. The third kappa shape index (κ3) is 2.31. The van der Waals surface area contributed by atoms with Gasteiger partial charge in [-0.3, -0.25) is 9.40 Å². The summed E-state index contributed by atoms with van der Waals surface area (Å²) in [6, 6.07) is 1.55. The number of nitrogens with zero attached hydrogens (tertiary/aromatic N) is 5. The summed E-state index contributed by atoms with van der Waals surface area (Å²) in [4.78, 5) is 0. The fourth-order valence-electron chi connectivity index (χ4n) is 1.26. The van der Waals surface area contributed by atoms with Crippen molar-refractivity contribution >= 4 is 31.8 Å². The lowest BCUT2D eigenvalue weighted by Gasteiger charge is -2.04. The van der Waals surface area contributed by atoms with Crippen LogP contribution in [-0.2, 0) is 24.1 Å². The van der Waals surface area contributed by atoms with Crippen molar-refractivity contribution in [2.75, 3.05) is 4.72 Å². The van der Waals surface area contributed by atoms with Crippen LogP contribution in [0.1, 0.15) is 0 Å². The van der Waals surface area contributed by atoms with Gasteiger partial charge in [-0.1, -0.05) is 5.21 Å². The second kappa shape index (κ2) is 4.11. The van der Waals surface area contributed by atoms with Crippen LogP contribution in [0.4, 0.5) is 5.82 Å². The van der Waals surface area contributed by atoms with Crippen LogP contribution in [0.25, 0.3) is 0 Å². The van der Waals surface area contributed by atoms with E-state index in [1.165, 1.54) is 11.7 Å². The van der Waals surface area contributed by atoms with Gasteiger partial charge in [0.25, 0.3) is 10.0 Å². The van der Waals surface area contributed by atoms with Crippen molar-refractivity contribution < 1.29 is 8.42 Å². The van der Waals surface area contributed by atoms with Crippen LogP contribution < -0.4 is 4.72 Å². The molecule has 8 nitrogen and oxygen atoms in total. The molecule has 10 heteroatoms. The van der Waals surface area contributed by atoms with Crippen LogP contribution >= 0.6 is 15.9 Å². The largest absolute Gasteiger partial charge is 0.283 e. The molecule has 0 radical (unpaired) electrons. The highest BCUT2D eigenvalue weighted by molar-refractivity contribution is 9.10. The van der Waals surface area contributed by atoms with Crippen molar-refractivity contribution in [3.63, 3.8) is 0 Å². The van der Waals surface area contributed by atoms with Gasteiger partial charge in [0, 0.05) is 26.4 Å². The minimum atomic E-state index is -3.75. The fraction of sp³-hybridized carbons (Fsp3) is 0.286. The first-order valence-electron chi connectivity index (χ1n) is 4.48. The molecular formula is C7H9BrN6O2S. The molecule has 2 rings (SSSR count). The topological polar surface area (TPSA) is 94.7 Å². The Hall–Kier alpha value is -1.42. The Balaban J connectivity index is 2.38. The average Bonchev–Trinajstić information content (AvgIpc) is 2.73. The monoisotopic (exact) mass is 320 g/mol. The molecule has 92 valence electrons. The molecule has 0 aliphatic rings. The van der Waals surface area contributed by atoms with Gasteiger partial charge in [-0.15, -0.1) is 5.10 Å². The van der Waals surface area contributed by atoms with Crippen molar-refractivity contribution in [2.24, 2.45) is 14.1 Å². The number of aryl methyl sites for hydroxylation is 2. The Morgan fingerprint density at radius 3 is 2.59 bits per heavy atom. The minimum absolute atomic E-state index is 0.0526. The summed E-state index contributed by atoms with van der Waals surface area (Å²) in [5.41, 5.74) is 0. The molecule has 0 spiro atoms. The van der Waals surface area contributed by atoms with Crippen molar-refractivity contribution in [3.05, 3.63) is 16.9 Å². The van der Waals surface area contributed by atoms with Gasteiger partial charge in [-0.2, -0.15) is 13.5 Å². The number of hydrogen-bond acceptors (Lipinski definition) is 5. The zero-order valence-electron chi connectivity index (χ0n) is 8.99. The van der Waals surface area contributed by atoms with Gasteiger partial charge < -0.3 is 0 Å². The number of aromatic nitrogens is 5. The Labute approximate surface area is 106 Å². The molecule has 2 aromatic rings. The van der Waals surface area contributed by atoms with E-state index in [9.17, 15) is 8.42 Å². The van der Waals surface area contributed by atoms with Crippen molar-refractivity contribution in [1.29, 1.82) is 0 Å². The molecule has 0 aliphatic carbocycles. The third-order valence-corrected chi connectivity index (χ3v) is 4.19. The molecule has 0 unspecified atom stereocenters. The molecule has 2 aromatic heterocycles. The highest BCUT2D eigenvalue weighted by Crippen LogP contribution is 2.20. The van der Waals surface area contributed by atoms with Crippen molar-refractivity contribution in [2.45, 2.75) is 5.03 Å². The number of sulfonamides is 1. The Morgan fingerprint density at radius 1 is 1.41 bits per heavy atom. The minimum Gasteiger partial charge on any atom is -0.274 e. The van der Waals surface area contributed by atoms with E-state index in [4.69, 9.17) is 0 Å². The highest BCUT2D eigenvalue weighted by Gasteiger charge is 2.24. The highest BCUT2D eigenvalue weighted by atomic mass is 79.9. The van der Waals surface area contributed by atoms with E-state index in [1.54, 1.807) is 19.3 Å². The summed E-state index contributed by atoms with van der Waals surface area (Å²) in [6.07, 6.45) is 1.63. The van der Waals surface area contributed by atoms with E-state index in [2.05, 4.69) is 36.1 Å². The quantitative estimate of drug-likeness (QED) is 0.866. The van der Waals surface area contributed by atoms with Gasteiger partial charge >= 0.3 is 0 Å². The van der Waals surface area contributed by atoms with E-state index in [0.29, 0.717) is 0 Å². The summed E-state index contributed by atoms with van der Waals surface area (Å²) in [5.74, 6) is 0.237. The molecule has 17 heavy (non-hydrogen) atoms. The van der Waals surface area contributed by atoms with Gasteiger partial charge in [0.2, 0.25) is 5.03 Å². The van der Waals surface area contributed by atoms with E-state index in [1.807, 2.05) is 0 Å². The molecule has 0 amide bonds. The average molecular weight is 321 g/mol. The Morgan fingerprint density at radius 2 is 2.12 bits per heavy atom. The lowest BCUT2D eigenvalue weighted by molar-refractivity contribution is 0.578. The molecule has 0 fully saturated rings. The second-order valence-corrected chi connectivity index (χ2v) is 5.64. The smallest absolute Gasteiger partial charge is 0.274 e. The molecule has 0 saturated carbocycles. The van der Waals surface area contributed by atoms with Crippen LogP contribution in [-0.4, -0.2) is 33.2 Å². The number of hydrogen-bond donors (Lipinski definition) is 1. The standard InChI is InChI=1S/C7H9BrN6O2S/c1-13-4-3-5(10-13)11-17(15,16)7-6(8)9-12-14(7)2/h3-4H,1-2H3,(H,10,11). The van der Waals surface area contributed by atoms with Gasteiger partial charge in [0.05, 0.1) is 0 Å². The SMILES string of the molecule is Cn1ccc(NS(=O)(=O)c2c(Br)nnn2C)n1. The third-order valence-electron chi connectivity index (χ3n) is 1.94. The van der Waals surface area contributed by atoms with Crippen LogP contribution in [0.15, 0.2) is 21.9 Å². The van der Waals surface area contributed by atoms with Crippen LogP contribution in [0.5, 0.6) is 0 Å². The predicted molar refractivity (Wildman–Crippen MR) is 62.7 cm³/mol. The molecule has 0 aromatic carbocycles. The molecule has 1 N–H and O–H groups in total. The summed E-state index contributed by atoms with van der Waals surface area (Å²) < 4.78 is 29.2. The zero-order valence-corrected chi connectivity index (χ0v) is 11.4. The maximum atomic E-state index is 12.0. The first-order valence-corrected chi connectivity index (χ1v) is 6.75. The predicted octanol–water partition coefficient (Wildman–Crippen LogP) is 0.112. The van der Waals surface area contributed by atoms with Crippen LogP contribution in [0, 0.1) is 0 Å². The zero-order chi connectivity index (χ0) is 12.6. The molecule has 0 aliphatic heterocycles. The fourth-order valence-corrected chi connectivity index (χ4v) is 3.36. The van der Waals surface area contributed by atoms with Gasteiger partial charge in [0.1, 0.15) is 0 Å². The molecule has 0 saturated heterocycles. The number of rotatable bonds is 3. The van der Waals surface area contributed by atoms with E-state index < -0.39 is 10.0 Å². The van der Waals surface area contributed by atoms with Gasteiger partial charge in [-0.05, 0) is 15.9 Å². The number of nitrogens with one attached hydrogen (secondary N) is 1. The first-order chi connectivity index (χ1) is 7.90. The number of halogens is 1. The number of anilines is 1. The molecule has 2 heterocycles. The summed E-state index contributed by atoms with van der Waals surface area (Å²) in [7, 11) is -0.568. The Bertz CT molecular complexity index is 626. The van der Waals surface area contributed by atoms with Crippen molar-refractivity contribution in [3.8, 4) is 0 Å². The normalized spacial score (nSPS) is 11.7. The maximum absolute atomic E-state index is 12.0.